The Balaban J connectivity index is 1.99. The third-order valence-corrected chi connectivity index (χ3v) is 3.60. The molecule has 2 aromatic rings. The first-order chi connectivity index (χ1) is 10.1. The van der Waals surface area contributed by atoms with Crippen LogP contribution in [0.1, 0.15) is 16.5 Å². The predicted octanol–water partition coefficient (Wildman–Crippen LogP) is 4.01. The molecule has 1 unspecified atom stereocenters. The third kappa shape index (κ3) is 4.55. The molecule has 0 heterocycles. The monoisotopic (exact) mass is 304 g/mol. The number of hydrogen-bond donors (Lipinski definition) is 0. The van der Waals surface area contributed by atoms with E-state index in [0.29, 0.717) is 6.54 Å². The van der Waals surface area contributed by atoms with Crippen LogP contribution in [0.4, 0.5) is 5.69 Å². The lowest BCUT2D eigenvalue weighted by molar-refractivity contribution is -0.384. The van der Waals surface area contributed by atoms with Crippen LogP contribution in [0.25, 0.3) is 0 Å². The van der Waals surface area contributed by atoms with Crippen LogP contribution in [-0.4, -0.2) is 23.4 Å². The maximum atomic E-state index is 10.8. The summed E-state index contributed by atoms with van der Waals surface area (Å²) >= 11 is 6.38. The van der Waals surface area contributed by atoms with E-state index in [4.69, 9.17) is 11.6 Å². The van der Waals surface area contributed by atoms with Gasteiger partial charge in [-0.2, -0.15) is 0 Å². The summed E-state index contributed by atoms with van der Waals surface area (Å²) in [6, 6.07) is 16.6. The second-order valence-corrected chi connectivity index (χ2v) is 5.53. The highest BCUT2D eigenvalue weighted by molar-refractivity contribution is 6.21. The minimum atomic E-state index is -0.402. The van der Waals surface area contributed by atoms with E-state index in [1.54, 1.807) is 6.07 Å². The Kier molecular flexibility index (Phi) is 5.31. The Hall–Kier alpha value is -1.91. The SMILES string of the molecule is CN(Cc1ccccc1)CC(Cl)c1cccc([N+](=O)[O-])c1. The number of nitro groups is 1. The first-order valence-corrected chi connectivity index (χ1v) is 7.11. The lowest BCUT2D eigenvalue weighted by atomic mass is 10.1. The summed E-state index contributed by atoms with van der Waals surface area (Å²) in [5, 5.41) is 10.5. The van der Waals surface area contributed by atoms with Crippen LogP contribution in [0.5, 0.6) is 0 Å². The molecule has 0 radical (unpaired) electrons. The first kappa shape index (κ1) is 15.5. The molecule has 0 fully saturated rings. The van der Waals surface area contributed by atoms with E-state index >= 15 is 0 Å². The van der Waals surface area contributed by atoms with Crippen molar-refractivity contribution >= 4 is 17.3 Å². The smallest absolute Gasteiger partial charge is 0.269 e. The normalized spacial score (nSPS) is 12.3. The molecule has 2 rings (SSSR count). The summed E-state index contributed by atoms with van der Waals surface area (Å²) < 4.78 is 0. The number of benzene rings is 2. The van der Waals surface area contributed by atoms with E-state index in [1.807, 2.05) is 31.3 Å². The van der Waals surface area contributed by atoms with Gasteiger partial charge in [-0.15, -0.1) is 11.6 Å². The number of halogens is 1. The van der Waals surface area contributed by atoms with Crippen LogP contribution in [-0.2, 0) is 6.54 Å². The molecule has 5 heteroatoms. The Morgan fingerprint density at radius 1 is 1.19 bits per heavy atom. The fourth-order valence-electron chi connectivity index (χ4n) is 2.17. The molecule has 1 atom stereocenters. The van der Waals surface area contributed by atoms with Crippen molar-refractivity contribution in [2.75, 3.05) is 13.6 Å². The van der Waals surface area contributed by atoms with Gasteiger partial charge in [0.1, 0.15) is 0 Å². The van der Waals surface area contributed by atoms with Crippen LogP contribution < -0.4 is 0 Å². The van der Waals surface area contributed by atoms with E-state index in [0.717, 1.165) is 12.1 Å². The van der Waals surface area contributed by atoms with E-state index in [2.05, 4.69) is 17.0 Å². The molecule has 0 spiro atoms. The maximum absolute atomic E-state index is 10.8. The molecule has 4 nitrogen and oxygen atoms in total. The molecule has 0 aliphatic carbocycles. The molecule has 2 aromatic carbocycles. The highest BCUT2D eigenvalue weighted by Gasteiger charge is 2.14. The van der Waals surface area contributed by atoms with Crippen LogP contribution in [0, 0.1) is 10.1 Å². The quantitative estimate of drug-likeness (QED) is 0.460. The lowest BCUT2D eigenvalue weighted by Gasteiger charge is -2.20. The maximum Gasteiger partial charge on any atom is 0.269 e. The molecule has 0 N–H and O–H groups in total. The van der Waals surface area contributed by atoms with Crippen molar-refractivity contribution in [1.29, 1.82) is 0 Å². The molecule has 0 saturated heterocycles. The fraction of sp³-hybridized carbons (Fsp3) is 0.250. The van der Waals surface area contributed by atoms with Gasteiger partial charge in [-0.05, 0) is 18.2 Å². The van der Waals surface area contributed by atoms with Crippen molar-refractivity contribution in [3.05, 3.63) is 75.8 Å². The Labute approximate surface area is 129 Å². The van der Waals surface area contributed by atoms with Gasteiger partial charge in [-0.25, -0.2) is 0 Å². The molecule has 0 aromatic heterocycles. The topological polar surface area (TPSA) is 46.4 Å². The summed E-state index contributed by atoms with van der Waals surface area (Å²) in [4.78, 5) is 12.5. The molecule has 0 saturated carbocycles. The standard InChI is InChI=1S/C16H17ClN2O2/c1-18(11-13-6-3-2-4-7-13)12-16(17)14-8-5-9-15(10-14)19(20)21/h2-10,16H,11-12H2,1H3. The summed E-state index contributed by atoms with van der Waals surface area (Å²) in [6.45, 7) is 1.41. The van der Waals surface area contributed by atoms with Crippen molar-refractivity contribution in [2.24, 2.45) is 0 Å². The number of rotatable bonds is 6. The van der Waals surface area contributed by atoms with Crippen molar-refractivity contribution in [3.8, 4) is 0 Å². The second-order valence-electron chi connectivity index (χ2n) is 5.00. The number of likely N-dealkylation sites (N-methyl/N-ethyl adjacent to an activating group) is 1. The highest BCUT2D eigenvalue weighted by Crippen LogP contribution is 2.25. The largest absolute Gasteiger partial charge is 0.300 e. The lowest BCUT2D eigenvalue weighted by Crippen LogP contribution is -2.22. The zero-order valence-electron chi connectivity index (χ0n) is 11.8. The van der Waals surface area contributed by atoms with Gasteiger partial charge in [-0.3, -0.25) is 10.1 Å². The minimum absolute atomic E-state index is 0.0730. The van der Waals surface area contributed by atoms with Gasteiger partial charge < -0.3 is 4.90 Å². The Morgan fingerprint density at radius 3 is 2.57 bits per heavy atom. The fourth-order valence-corrected chi connectivity index (χ4v) is 2.54. The van der Waals surface area contributed by atoms with E-state index in [1.165, 1.54) is 17.7 Å². The zero-order chi connectivity index (χ0) is 15.2. The van der Waals surface area contributed by atoms with Gasteiger partial charge in [-0.1, -0.05) is 42.5 Å². The Bertz CT molecular complexity index is 604. The van der Waals surface area contributed by atoms with Gasteiger partial charge in [0.25, 0.3) is 5.69 Å². The molecule has 0 amide bonds. The van der Waals surface area contributed by atoms with E-state index in [9.17, 15) is 10.1 Å². The summed E-state index contributed by atoms with van der Waals surface area (Å²) in [5.41, 5.74) is 2.05. The average molecular weight is 305 g/mol. The summed E-state index contributed by atoms with van der Waals surface area (Å²) in [7, 11) is 1.99. The van der Waals surface area contributed by atoms with Gasteiger partial charge in [0, 0.05) is 25.2 Å². The van der Waals surface area contributed by atoms with Gasteiger partial charge in [0.05, 0.1) is 10.3 Å². The molecule has 21 heavy (non-hydrogen) atoms. The number of alkyl halides is 1. The first-order valence-electron chi connectivity index (χ1n) is 6.67. The third-order valence-electron chi connectivity index (χ3n) is 3.21. The van der Waals surface area contributed by atoms with Crippen molar-refractivity contribution < 1.29 is 4.92 Å². The minimum Gasteiger partial charge on any atom is -0.300 e. The predicted molar refractivity (Wildman–Crippen MR) is 84.5 cm³/mol. The van der Waals surface area contributed by atoms with Gasteiger partial charge in [0.15, 0.2) is 0 Å². The number of non-ortho nitro benzene ring substituents is 1. The molecule has 0 bridgehead atoms. The van der Waals surface area contributed by atoms with Crippen LogP contribution >= 0.6 is 11.6 Å². The molecule has 0 aliphatic heterocycles. The zero-order valence-corrected chi connectivity index (χ0v) is 12.5. The van der Waals surface area contributed by atoms with E-state index in [-0.39, 0.29) is 11.1 Å². The Morgan fingerprint density at radius 2 is 1.90 bits per heavy atom. The number of hydrogen-bond acceptors (Lipinski definition) is 3. The number of nitro benzene ring substituents is 1. The van der Waals surface area contributed by atoms with Crippen molar-refractivity contribution in [3.63, 3.8) is 0 Å². The van der Waals surface area contributed by atoms with E-state index < -0.39 is 4.92 Å². The van der Waals surface area contributed by atoms with Gasteiger partial charge >= 0.3 is 0 Å². The second kappa shape index (κ2) is 7.20. The van der Waals surface area contributed by atoms with Crippen LogP contribution in [0.2, 0.25) is 0 Å². The summed E-state index contributed by atoms with van der Waals surface area (Å²) in [6.07, 6.45) is 0. The van der Waals surface area contributed by atoms with Gasteiger partial charge in [0.2, 0.25) is 0 Å². The van der Waals surface area contributed by atoms with Crippen LogP contribution in [0.15, 0.2) is 54.6 Å². The molecular formula is C16H17ClN2O2. The number of nitrogens with zero attached hydrogens (tertiary/aromatic N) is 2. The van der Waals surface area contributed by atoms with Crippen molar-refractivity contribution in [1.82, 2.24) is 4.90 Å². The van der Waals surface area contributed by atoms with Crippen LogP contribution in [0.3, 0.4) is 0 Å². The molecular weight excluding hydrogens is 288 g/mol. The average Bonchev–Trinajstić information content (AvgIpc) is 2.48. The summed E-state index contributed by atoms with van der Waals surface area (Å²) in [5.74, 6) is 0. The molecule has 0 aliphatic rings. The van der Waals surface area contributed by atoms with Crippen molar-refractivity contribution in [2.45, 2.75) is 11.9 Å². The molecule has 110 valence electrons. The highest BCUT2D eigenvalue weighted by atomic mass is 35.5.